The van der Waals surface area contributed by atoms with E-state index in [2.05, 4.69) is 37.8 Å². The van der Waals surface area contributed by atoms with Crippen LogP contribution < -0.4 is 4.74 Å². The lowest BCUT2D eigenvalue weighted by Crippen LogP contribution is -2.38. The van der Waals surface area contributed by atoms with Crippen LogP contribution in [0.25, 0.3) is 11.4 Å². The van der Waals surface area contributed by atoms with Crippen LogP contribution in [-0.4, -0.2) is 41.1 Å². The second kappa shape index (κ2) is 8.97. The molecular formula is C23H33N3O3. The number of methoxy groups -OCH3 is 1. The molecule has 1 atom stereocenters. The van der Waals surface area contributed by atoms with Gasteiger partial charge in [-0.15, -0.1) is 0 Å². The summed E-state index contributed by atoms with van der Waals surface area (Å²) in [5, 5.41) is 4.14. The number of likely N-dealkylation sites (tertiary alicyclic amines) is 1. The van der Waals surface area contributed by atoms with E-state index in [0.29, 0.717) is 24.1 Å². The number of nitrogens with zero attached hydrogens (tertiary/aromatic N) is 3. The highest BCUT2D eigenvalue weighted by Crippen LogP contribution is 2.30. The molecule has 29 heavy (non-hydrogen) atoms. The average molecular weight is 400 g/mol. The molecule has 1 saturated heterocycles. The molecule has 2 aromatic rings. The van der Waals surface area contributed by atoms with Crippen LogP contribution in [-0.2, 0) is 4.79 Å². The van der Waals surface area contributed by atoms with E-state index in [1.165, 1.54) is 0 Å². The summed E-state index contributed by atoms with van der Waals surface area (Å²) in [6, 6.07) is 7.62. The van der Waals surface area contributed by atoms with Crippen molar-refractivity contribution in [2.24, 2.45) is 11.3 Å². The first kappa shape index (κ1) is 21.3. The minimum atomic E-state index is 0.213. The number of hydrogen-bond acceptors (Lipinski definition) is 5. The summed E-state index contributed by atoms with van der Waals surface area (Å²) in [4.78, 5) is 19.2. The maximum Gasteiger partial charge on any atom is 0.230 e. The number of aromatic nitrogens is 2. The molecule has 6 nitrogen and oxygen atoms in total. The monoisotopic (exact) mass is 399 g/mol. The van der Waals surface area contributed by atoms with Crippen molar-refractivity contribution >= 4 is 5.91 Å². The number of hydrogen-bond donors (Lipinski definition) is 0. The van der Waals surface area contributed by atoms with Crippen molar-refractivity contribution in [1.82, 2.24) is 15.0 Å². The fourth-order valence-corrected chi connectivity index (χ4v) is 4.18. The van der Waals surface area contributed by atoms with Crippen molar-refractivity contribution in [2.75, 3.05) is 20.2 Å². The van der Waals surface area contributed by atoms with Crippen molar-refractivity contribution < 1.29 is 14.1 Å². The molecule has 158 valence electrons. The van der Waals surface area contributed by atoms with Crippen LogP contribution in [0, 0.1) is 11.3 Å². The third-order valence-corrected chi connectivity index (χ3v) is 5.47. The smallest absolute Gasteiger partial charge is 0.230 e. The van der Waals surface area contributed by atoms with Gasteiger partial charge in [-0.1, -0.05) is 32.9 Å². The Kier molecular flexibility index (Phi) is 6.60. The molecule has 0 radical (unpaired) electrons. The van der Waals surface area contributed by atoms with E-state index in [1.54, 1.807) is 7.11 Å². The summed E-state index contributed by atoms with van der Waals surface area (Å²) in [6.07, 6.45) is 3.42. The Bertz CT molecular complexity index is 800. The molecule has 2 heterocycles. The molecule has 1 amide bonds. The lowest BCUT2D eigenvalue weighted by molar-refractivity contribution is -0.133. The van der Waals surface area contributed by atoms with Crippen LogP contribution in [0.3, 0.4) is 0 Å². The Morgan fingerprint density at radius 2 is 1.90 bits per heavy atom. The maximum atomic E-state index is 12.6. The third kappa shape index (κ3) is 5.81. The number of benzene rings is 1. The normalized spacial score (nSPS) is 16.7. The van der Waals surface area contributed by atoms with Gasteiger partial charge in [-0.25, -0.2) is 0 Å². The van der Waals surface area contributed by atoms with Gasteiger partial charge in [0.05, 0.1) is 7.11 Å². The third-order valence-electron chi connectivity index (χ3n) is 5.47. The Balaban J connectivity index is 1.53. The minimum absolute atomic E-state index is 0.213. The molecule has 0 spiro atoms. The number of piperidine rings is 1. The van der Waals surface area contributed by atoms with Gasteiger partial charge in [0.25, 0.3) is 0 Å². The van der Waals surface area contributed by atoms with Crippen LogP contribution >= 0.6 is 0 Å². The Morgan fingerprint density at radius 3 is 2.48 bits per heavy atom. The number of ether oxygens (including phenoxy) is 1. The topological polar surface area (TPSA) is 68.5 Å². The molecule has 0 aliphatic carbocycles. The standard InChI is InChI=1S/C23H33N3O3/c1-16(15-23(2,3)4)14-20(27)26-12-10-18(11-13-26)22-24-21(25-29-22)17-6-8-19(28-5)9-7-17/h6-9,16,18H,10-15H2,1-5H3. The molecule has 1 unspecified atom stereocenters. The molecule has 1 aromatic heterocycles. The lowest BCUT2D eigenvalue weighted by atomic mass is 9.84. The summed E-state index contributed by atoms with van der Waals surface area (Å²) in [7, 11) is 1.64. The molecule has 1 aliphatic rings. The zero-order valence-corrected chi connectivity index (χ0v) is 18.3. The zero-order chi connectivity index (χ0) is 21.0. The van der Waals surface area contributed by atoms with Crippen LogP contribution in [0.15, 0.2) is 28.8 Å². The lowest BCUT2D eigenvalue weighted by Gasteiger charge is -2.32. The average Bonchev–Trinajstić information content (AvgIpc) is 3.17. The van der Waals surface area contributed by atoms with Gasteiger partial charge in [0.1, 0.15) is 5.75 Å². The highest BCUT2D eigenvalue weighted by molar-refractivity contribution is 5.76. The quantitative estimate of drug-likeness (QED) is 0.690. The predicted molar refractivity (Wildman–Crippen MR) is 113 cm³/mol. The van der Waals surface area contributed by atoms with E-state index in [1.807, 2.05) is 29.2 Å². The van der Waals surface area contributed by atoms with Gasteiger partial charge in [-0.2, -0.15) is 4.98 Å². The summed E-state index contributed by atoms with van der Waals surface area (Å²) in [5.41, 5.74) is 1.16. The molecule has 1 fully saturated rings. The van der Waals surface area contributed by atoms with Crippen LogP contribution in [0.5, 0.6) is 5.75 Å². The van der Waals surface area contributed by atoms with Gasteiger partial charge >= 0.3 is 0 Å². The van der Waals surface area contributed by atoms with Crippen molar-refractivity contribution in [1.29, 1.82) is 0 Å². The highest BCUT2D eigenvalue weighted by atomic mass is 16.5. The summed E-state index contributed by atoms with van der Waals surface area (Å²) in [6.45, 7) is 10.4. The molecule has 1 aromatic carbocycles. The molecule has 0 N–H and O–H groups in total. The second-order valence-corrected chi connectivity index (χ2v) is 9.41. The molecule has 0 saturated carbocycles. The van der Waals surface area contributed by atoms with E-state index in [-0.39, 0.29) is 17.2 Å². The molecule has 6 heteroatoms. The summed E-state index contributed by atoms with van der Waals surface area (Å²) >= 11 is 0. The number of carbonyl (C=O) groups is 1. The first-order valence-corrected chi connectivity index (χ1v) is 10.5. The van der Waals surface area contributed by atoms with Gasteiger partial charge in [-0.05, 0) is 54.9 Å². The van der Waals surface area contributed by atoms with Gasteiger partial charge < -0.3 is 14.2 Å². The molecule has 0 bridgehead atoms. The fourth-order valence-electron chi connectivity index (χ4n) is 4.18. The van der Waals surface area contributed by atoms with Crippen LogP contribution in [0.2, 0.25) is 0 Å². The van der Waals surface area contributed by atoms with E-state index < -0.39 is 0 Å². The van der Waals surface area contributed by atoms with Crippen LogP contribution in [0.1, 0.15) is 65.2 Å². The molecule has 3 rings (SSSR count). The number of rotatable bonds is 6. The highest BCUT2D eigenvalue weighted by Gasteiger charge is 2.28. The maximum absolute atomic E-state index is 12.6. The molecule has 1 aliphatic heterocycles. The van der Waals surface area contributed by atoms with E-state index >= 15 is 0 Å². The minimum Gasteiger partial charge on any atom is -0.497 e. The molecular weight excluding hydrogens is 366 g/mol. The van der Waals surface area contributed by atoms with Crippen molar-refractivity contribution in [3.05, 3.63) is 30.2 Å². The van der Waals surface area contributed by atoms with Gasteiger partial charge in [0, 0.05) is 31.0 Å². The Hall–Kier alpha value is -2.37. The first-order valence-electron chi connectivity index (χ1n) is 10.5. The van der Waals surface area contributed by atoms with Crippen molar-refractivity contribution in [3.63, 3.8) is 0 Å². The van der Waals surface area contributed by atoms with E-state index in [4.69, 9.17) is 9.26 Å². The van der Waals surface area contributed by atoms with Gasteiger partial charge in [0.15, 0.2) is 0 Å². The summed E-state index contributed by atoms with van der Waals surface area (Å²) < 4.78 is 10.7. The fraction of sp³-hybridized carbons (Fsp3) is 0.609. The second-order valence-electron chi connectivity index (χ2n) is 9.41. The Labute approximate surface area is 173 Å². The summed E-state index contributed by atoms with van der Waals surface area (Å²) in [5.74, 6) is 2.95. The first-order chi connectivity index (χ1) is 13.7. The Morgan fingerprint density at radius 1 is 1.24 bits per heavy atom. The van der Waals surface area contributed by atoms with E-state index in [0.717, 1.165) is 43.7 Å². The van der Waals surface area contributed by atoms with Gasteiger partial charge in [-0.3, -0.25) is 4.79 Å². The van der Waals surface area contributed by atoms with Gasteiger partial charge in [0.2, 0.25) is 17.6 Å². The van der Waals surface area contributed by atoms with Crippen molar-refractivity contribution in [3.8, 4) is 17.1 Å². The number of amides is 1. The van der Waals surface area contributed by atoms with Crippen molar-refractivity contribution in [2.45, 2.75) is 59.3 Å². The predicted octanol–water partition coefficient (Wildman–Crippen LogP) is 4.91. The zero-order valence-electron chi connectivity index (χ0n) is 18.3. The largest absolute Gasteiger partial charge is 0.497 e. The van der Waals surface area contributed by atoms with E-state index in [9.17, 15) is 4.79 Å². The SMILES string of the molecule is COc1ccc(-c2noc(C3CCN(C(=O)CC(C)CC(C)(C)C)CC3)n2)cc1. The van der Waals surface area contributed by atoms with Crippen LogP contribution in [0.4, 0.5) is 0 Å². The number of carbonyl (C=O) groups excluding carboxylic acids is 1.